The highest BCUT2D eigenvalue weighted by atomic mass is 16.5. The molecule has 20 heavy (non-hydrogen) atoms. The molecule has 1 aromatic rings. The minimum absolute atomic E-state index is 0.156. The summed E-state index contributed by atoms with van der Waals surface area (Å²) in [7, 11) is 1.73. The average molecular weight is 277 g/mol. The normalized spacial score (nSPS) is 13.6. The first kappa shape index (κ1) is 17.0. The van der Waals surface area contributed by atoms with E-state index in [-0.39, 0.29) is 5.54 Å². The smallest absolute Gasteiger partial charge is 0.119 e. The fourth-order valence-electron chi connectivity index (χ4n) is 2.70. The molecule has 2 heteroatoms. The number of rotatable bonds is 7. The minimum Gasteiger partial charge on any atom is -0.497 e. The Morgan fingerprint density at radius 2 is 1.80 bits per heavy atom. The van der Waals surface area contributed by atoms with Crippen LogP contribution in [0.3, 0.4) is 0 Å². The zero-order chi connectivity index (χ0) is 15.2. The van der Waals surface area contributed by atoms with E-state index < -0.39 is 0 Å². The van der Waals surface area contributed by atoms with Crippen molar-refractivity contribution in [2.75, 3.05) is 13.7 Å². The van der Waals surface area contributed by atoms with Gasteiger partial charge in [-0.3, -0.25) is 0 Å². The van der Waals surface area contributed by atoms with Crippen LogP contribution in [-0.4, -0.2) is 19.2 Å². The highest BCUT2D eigenvalue weighted by molar-refractivity contribution is 5.31. The van der Waals surface area contributed by atoms with Crippen LogP contribution in [0.5, 0.6) is 5.75 Å². The second kappa shape index (κ2) is 7.68. The van der Waals surface area contributed by atoms with Crippen LogP contribution in [0.15, 0.2) is 24.3 Å². The number of hydrogen-bond acceptors (Lipinski definition) is 2. The van der Waals surface area contributed by atoms with Crippen LogP contribution < -0.4 is 10.1 Å². The number of ether oxygens (including phenoxy) is 1. The Labute approximate surface area is 124 Å². The molecule has 0 radical (unpaired) electrons. The van der Waals surface area contributed by atoms with E-state index in [0.717, 1.165) is 12.3 Å². The van der Waals surface area contributed by atoms with Gasteiger partial charge in [-0.1, -0.05) is 38.8 Å². The van der Waals surface area contributed by atoms with Crippen LogP contribution in [0.2, 0.25) is 0 Å². The molecule has 1 N–H and O–H groups in total. The maximum Gasteiger partial charge on any atom is 0.119 e. The first-order valence-electron chi connectivity index (χ1n) is 7.80. The largest absolute Gasteiger partial charge is 0.497 e. The molecule has 0 aromatic heterocycles. The van der Waals surface area contributed by atoms with Gasteiger partial charge in [-0.2, -0.15) is 0 Å². The SMILES string of the molecule is CCC(CC)C(CNC(C)(C)C)c1cccc(OC)c1. The molecule has 0 saturated carbocycles. The standard InChI is InChI=1S/C18H31NO/c1-7-14(8-2)17(13-19-18(3,4)5)15-10-9-11-16(12-15)20-6/h9-12,14,17,19H,7-8,13H2,1-6H3. The van der Waals surface area contributed by atoms with Crippen molar-refractivity contribution in [2.45, 2.75) is 58.9 Å². The Bertz CT molecular complexity index is 391. The summed E-state index contributed by atoms with van der Waals surface area (Å²) in [6, 6.07) is 8.54. The molecule has 0 saturated heterocycles. The number of hydrogen-bond donors (Lipinski definition) is 1. The molecule has 0 aliphatic rings. The molecule has 1 aromatic carbocycles. The first-order valence-corrected chi connectivity index (χ1v) is 7.80. The topological polar surface area (TPSA) is 21.3 Å². The highest BCUT2D eigenvalue weighted by Crippen LogP contribution is 2.31. The van der Waals surface area contributed by atoms with Crippen molar-refractivity contribution in [3.63, 3.8) is 0 Å². The molecule has 114 valence electrons. The second-order valence-electron chi connectivity index (χ2n) is 6.59. The van der Waals surface area contributed by atoms with E-state index in [1.807, 2.05) is 6.07 Å². The molecule has 0 aliphatic carbocycles. The lowest BCUT2D eigenvalue weighted by Gasteiger charge is -2.30. The number of benzene rings is 1. The van der Waals surface area contributed by atoms with Crippen molar-refractivity contribution in [3.05, 3.63) is 29.8 Å². The van der Waals surface area contributed by atoms with Crippen LogP contribution in [0, 0.1) is 5.92 Å². The first-order chi connectivity index (χ1) is 9.41. The molecule has 1 unspecified atom stereocenters. The Morgan fingerprint density at radius 3 is 2.30 bits per heavy atom. The van der Waals surface area contributed by atoms with Crippen LogP contribution in [0.1, 0.15) is 58.9 Å². The third kappa shape index (κ3) is 5.16. The Hall–Kier alpha value is -1.02. The second-order valence-corrected chi connectivity index (χ2v) is 6.59. The zero-order valence-corrected chi connectivity index (χ0v) is 14.0. The number of nitrogens with one attached hydrogen (secondary N) is 1. The van der Waals surface area contributed by atoms with Gasteiger partial charge in [0, 0.05) is 12.1 Å². The molecule has 0 heterocycles. The fraction of sp³-hybridized carbons (Fsp3) is 0.667. The fourth-order valence-corrected chi connectivity index (χ4v) is 2.70. The van der Waals surface area contributed by atoms with Crippen molar-refractivity contribution in [3.8, 4) is 5.75 Å². The quantitative estimate of drug-likeness (QED) is 0.786. The summed E-state index contributed by atoms with van der Waals surface area (Å²) in [5, 5.41) is 3.67. The van der Waals surface area contributed by atoms with Gasteiger partial charge in [-0.05, 0) is 50.3 Å². The maximum absolute atomic E-state index is 5.38. The van der Waals surface area contributed by atoms with Crippen molar-refractivity contribution < 1.29 is 4.74 Å². The summed E-state index contributed by atoms with van der Waals surface area (Å²) in [5.41, 5.74) is 1.54. The Kier molecular flexibility index (Phi) is 6.54. The average Bonchev–Trinajstić information content (AvgIpc) is 2.42. The summed E-state index contributed by atoms with van der Waals surface area (Å²) in [6.45, 7) is 12.3. The van der Waals surface area contributed by atoms with Crippen molar-refractivity contribution in [1.29, 1.82) is 0 Å². The van der Waals surface area contributed by atoms with Gasteiger partial charge in [-0.15, -0.1) is 0 Å². The predicted molar refractivity (Wildman–Crippen MR) is 87.6 cm³/mol. The molecular formula is C18H31NO. The summed E-state index contributed by atoms with van der Waals surface area (Å²) < 4.78 is 5.38. The third-order valence-electron chi connectivity index (χ3n) is 3.99. The van der Waals surface area contributed by atoms with Gasteiger partial charge in [0.05, 0.1) is 7.11 Å². The third-order valence-corrected chi connectivity index (χ3v) is 3.99. The molecule has 0 fully saturated rings. The molecule has 1 rings (SSSR count). The summed E-state index contributed by atoms with van der Waals surface area (Å²) in [6.07, 6.45) is 2.42. The Balaban J connectivity index is 2.96. The van der Waals surface area contributed by atoms with Gasteiger partial charge < -0.3 is 10.1 Å². The van der Waals surface area contributed by atoms with Gasteiger partial charge in [0.2, 0.25) is 0 Å². The van der Waals surface area contributed by atoms with Crippen molar-refractivity contribution >= 4 is 0 Å². The molecule has 0 bridgehead atoms. The Morgan fingerprint density at radius 1 is 1.15 bits per heavy atom. The van der Waals surface area contributed by atoms with Crippen molar-refractivity contribution in [1.82, 2.24) is 5.32 Å². The van der Waals surface area contributed by atoms with Gasteiger partial charge in [0.15, 0.2) is 0 Å². The summed E-state index contributed by atoms with van der Waals surface area (Å²) >= 11 is 0. The molecule has 2 nitrogen and oxygen atoms in total. The lowest BCUT2D eigenvalue weighted by atomic mass is 9.82. The summed E-state index contributed by atoms with van der Waals surface area (Å²) in [5.74, 6) is 2.20. The van der Waals surface area contributed by atoms with Crippen LogP contribution in [0.4, 0.5) is 0 Å². The monoisotopic (exact) mass is 277 g/mol. The summed E-state index contributed by atoms with van der Waals surface area (Å²) in [4.78, 5) is 0. The van der Waals surface area contributed by atoms with Gasteiger partial charge >= 0.3 is 0 Å². The minimum atomic E-state index is 0.156. The molecule has 0 spiro atoms. The van der Waals surface area contributed by atoms with E-state index in [4.69, 9.17) is 4.74 Å². The van der Waals surface area contributed by atoms with E-state index in [1.54, 1.807) is 7.11 Å². The van der Waals surface area contributed by atoms with Crippen LogP contribution in [0.25, 0.3) is 0 Å². The van der Waals surface area contributed by atoms with Gasteiger partial charge in [0.1, 0.15) is 5.75 Å². The molecule has 1 atom stereocenters. The van der Waals surface area contributed by atoms with Gasteiger partial charge in [0.25, 0.3) is 0 Å². The van der Waals surface area contributed by atoms with E-state index in [1.165, 1.54) is 18.4 Å². The van der Waals surface area contributed by atoms with Crippen LogP contribution in [-0.2, 0) is 0 Å². The highest BCUT2D eigenvalue weighted by Gasteiger charge is 2.22. The van der Waals surface area contributed by atoms with E-state index in [0.29, 0.717) is 11.8 Å². The molecular weight excluding hydrogens is 246 g/mol. The van der Waals surface area contributed by atoms with E-state index in [9.17, 15) is 0 Å². The zero-order valence-electron chi connectivity index (χ0n) is 14.0. The lowest BCUT2D eigenvalue weighted by Crippen LogP contribution is -2.40. The number of methoxy groups -OCH3 is 1. The molecule has 0 aliphatic heterocycles. The van der Waals surface area contributed by atoms with E-state index >= 15 is 0 Å². The van der Waals surface area contributed by atoms with Crippen LogP contribution >= 0.6 is 0 Å². The predicted octanol–water partition coefficient (Wildman–Crippen LogP) is 4.60. The molecule has 0 amide bonds. The lowest BCUT2D eigenvalue weighted by molar-refractivity contribution is 0.334. The van der Waals surface area contributed by atoms with Gasteiger partial charge in [-0.25, -0.2) is 0 Å². The van der Waals surface area contributed by atoms with Crippen molar-refractivity contribution in [2.24, 2.45) is 5.92 Å². The maximum atomic E-state index is 5.38. The van der Waals surface area contributed by atoms with E-state index in [2.05, 4.69) is 58.1 Å².